The molecular weight excluding hydrogens is 478 g/mol. The molecule has 0 spiro atoms. The smallest absolute Gasteiger partial charge is 0.250 e. The summed E-state index contributed by atoms with van der Waals surface area (Å²) in [5.74, 6) is 1.17. The topological polar surface area (TPSA) is 63.6 Å². The Labute approximate surface area is 214 Å². The van der Waals surface area contributed by atoms with Gasteiger partial charge in [-0.05, 0) is 36.1 Å². The number of carbonyl (C=O) groups excluding carboxylic acids is 1. The van der Waals surface area contributed by atoms with Crippen LogP contribution in [0.25, 0.3) is 0 Å². The third kappa shape index (κ3) is 5.13. The SMILES string of the molecule is COc1cccc(NC(=O)C(SC(=S)N2CC3CC(C2)c2cccc(=O)n2C3)c2ccccc2)c1. The van der Waals surface area contributed by atoms with Gasteiger partial charge in [0.15, 0.2) is 0 Å². The number of piperidine rings is 1. The maximum atomic E-state index is 13.4. The zero-order valence-corrected chi connectivity index (χ0v) is 21.1. The predicted octanol–water partition coefficient (Wildman–Crippen LogP) is 4.67. The van der Waals surface area contributed by atoms with Gasteiger partial charge in [-0.2, -0.15) is 0 Å². The van der Waals surface area contributed by atoms with E-state index in [9.17, 15) is 9.59 Å². The number of hydrogen-bond donors (Lipinski definition) is 1. The number of thiocarbonyl (C=S) groups is 1. The lowest BCUT2D eigenvalue weighted by atomic mass is 9.83. The number of nitrogens with one attached hydrogen (secondary N) is 1. The van der Waals surface area contributed by atoms with Crippen molar-refractivity contribution >= 4 is 39.9 Å². The van der Waals surface area contributed by atoms with Crippen LogP contribution in [0.3, 0.4) is 0 Å². The van der Waals surface area contributed by atoms with E-state index in [4.69, 9.17) is 17.0 Å². The summed E-state index contributed by atoms with van der Waals surface area (Å²) in [6.07, 6.45) is 1.06. The van der Waals surface area contributed by atoms with E-state index in [-0.39, 0.29) is 17.4 Å². The van der Waals surface area contributed by atoms with Crippen LogP contribution in [0.15, 0.2) is 77.6 Å². The normalized spacial score (nSPS) is 19.4. The van der Waals surface area contributed by atoms with Crippen molar-refractivity contribution in [2.24, 2.45) is 5.92 Å². The highest BCUT2D eigenvalue weighted by Crippen LogP contribution is 2.39. The van der Waals surface area contributed by atoms with Crippen molar-refractivity contribution in [1.82, 2.24) is 9.47 Å². The number of pyridine rings is 1. The number of amides is 1. The molecule has 1 N–H and O–H groups in total. The maximum Gasteiger partial charge on any atom is 0.250 e. The number of fused-ring (bicyclic) bond motifs is 4. The van der Waals surface area contributed by atoms with E-state index in [0.717, 1.165) is 30.8 Å². The molecule has 2 aromatic carbocycles. The Morgan fingerprint density at radius 2 is 1.86 bits per heavy atom. The Morgan fingerprint density at radius 3 is 2.66 bits per heavy atom. The van der Waals surface area contributed by atoms with Crippen molar-refractivity contribution in [1.29, 1.82) is 0 Å². The summed E-state index contributed by atoms with van der Waals surface area (Å²) in [4.78, 5) is 28.0. The summed E-state index contributed by atoms with van der Waals surface area (Å²) in [6.45, 7) is 2.26. The molecule has 0 radical (unpaired) electrons. The van der Waals surface area contributed by atoms with Gasteiger partial charge >= 0.3 is 0 Å². The molecule has 1 amide bonds. The van der Waals surface area contributed by atoms with Crippen LogP contribution in [-0.2, 0) is 11.3 Å². The second-order valence-corrected chi connectivity index (χ2v) is 10.7. The lowest BCUT2D eigenvalue weighted by molar-refractivity contribution is -0.115. The van der Waals surface area contributed by atoms with E-state index in [1.807, 2.05) is 59.2 Å². The fourth-order valence-electron chi connectivity index (χ4n) is 5.03. The fourth-order valence-corrected chi connectivity index (χ4v) is 6.43. The van der Waals surface area contributed by atoms with Crippen LogP contribution in [-0.4, -0.2) is 39.9 Å². The summed E-state index contributed by atoms with van der Waals surface area (Å²) in [5, 5.41) is 2.53. The molecule has 1 aromatic heterocycles. The zero-order chi connectivity index (χ0) is 24.4. The van der Waals surface area contributed by atoms with Gasteiger partial charge in [-0.15, -0.1) is 0 Å². The average Bonchev–Trinajstić information content (AvgIpc) is 2.88. The third-order valence-electron chi connectivity index (χ3n) is 6.63. The highest BCUT2D eigenvalue weighted by Gasteiger charge is 2.36. The van der Waals surface area contributed by atoms with E-state index >= 15 is 0 Å². The zero-order valence-electron chi connectivity index (χ0n) is 19.4. The quantitative estimate of drug-likeness (QED) is 0.509. The number of likely N-dealkylation sites (tertiary alicyclic amines) is 1. The molecule has 2 bridgehead atoms. The number of carbonyl (C=O) groups is 1. The standard InChI is InChI=1S/C27H27N3O3S2/c1-33-22-10-5-9-21(14-22)28-26(32)25(19-7-3-2-4-8-19)35-27(34)29-15-18-13-20(17-29)23-11-6-12-24(31)30(23)16-18/h2-12,14,18,20,25H,13,15-17H2,1H3,(H,28,32). The number of rotatable bonds is 5. The molecule has 3 aromatic rings. The van der Waals surface area contributed by atoms with E-state index in [1.165, 1.54) is 11.8 Å². The number of aromatic nitrogens is 1. The van der Waals surface area contributed by atoms with E-state index in [1.54, 1.807) is 19.2 Å². The Kier molecular flexibility index (Phi) is 6.92. The fraction of sp³-hybridized carbons (Fsp3) is 0.296. The number of nitrogens with zero attached hydrogens (tertiary/aromatic N) is 2. The molecule has 5 rings (SSSR count). The van der Waals surface area contributed by atoms with Crippen LogP contribution >= 0.6 is 24.0 Å². The van der Waals surface area contributed by atoms with Crippen LogP contribution in [0.5, 0.6) is 5.75 Å². The predicted molar refractivity (Wildman–Crippen MR) is 144 cm³/mol. The molecule has 0 saturated carbocycles. The van der Waals surface area contributed by atoms with Crippen molar-refractivity contribution < 1.29 is 9.53 Å². The van der Waals surface area contributed by atoms with Crippen LogP contribution in [0.2, 0.25) is 0 Å². The second kappa shape index (κ2) is 10.3. The molecule has 3 unspecified atom stereocenters. The Hall–Kier alpha value is -3.10. The van der Waals surface area contributed by atoms with Crippen molar-refractivity contribution in [3.63, 3.8) is 0 Å². The van der Waals surface area contributed by atoms with Crippen molar-refractivity contribution in [2.75, 3.05) is 25.5 Å². The molecule has 35 heavy (non-hydrogen) atoms. The van der Waals surface area contributed by atoms with Gasteiger partial charge in [0.25, 0.3) is 5.56 Å². The maximum absolute atomic E-state index is 13.4. The summed E-state index contributed by atoms with van der Waals surface area (Å²) in [7, 11) is 1.60. The van der Waals surface area contributed by atoms with Gasteiger partial charge in [0.1, 0.15) is 15.3 Å². The van der Waals surface area contributed by atoms with Crippen LogP contribution in [0.1, 0.15) is 28.8 Å². The monoisotopic (exact) mass is 505 g/mol. The van der Waals surface area contributed by atoms with Crippen LogP contribution < -0.4 is 15.6 Å². The molecule has 1 fully saturated rings. The first-order valence-corrected chi connectivity index (χ1v) is 13.0. The number of benzene rings is 2. The number of anilines is 1. The Morgan fingerprint density at radius 1 is 1.06 bits per heavy atom. The van der Waals surface area contributed by atoms with E-state index in [0.29, 0.717) is 28.2 Å². The minimum absolute atomic E-state index is 0.0703. The molecular formula is C27H27N3O3S2. The van der Waals surface area contributed by atoms with Gasteiger partial charge in [0.2, 0.25) is 5.91 Å². The minimum atomic E-state index is -0.494. The van der Waals surface area contributed by atoms with Gasteiger partial charge in [-0.1, -0.05) is 66.4 Å². The summed E-state index contributed by atoms with van der Waals surface area (Å²) < 4.78 is 7.92. The molecule has 8 heteroatoms. The molecule has 6 nitrogen and oxygen atoms in total. The van der Waals surface area contributed by atoms with Gasteiger partial charge in [0.05, 0.1) is 7.11 Å². The lowest BCUT2D eigenvalue weighted by Crippen LogP contribution is -2.48. The van der Waals surface area contributed by atoms with Gasteiger partial charge in [-0.3, -0.25) is 9.59 Å². The van der Waals surface area contributed by atoms with Crippen molar-refractivity contribution in [2.45, 2.75) is 24.1 Å². The van der Waals surface area contributed by atoms with Crippen LogP contribution in [0.4, 0.5) is 5.69 Å². The molecule has 3 atom stereocenters. The van der Waals surface area contributed by atoms with E-state index < -0.39 is 5.25 Å². The Balaban J connectivity index is 1.34. The number of methoxy groups -OCH3 is 1. The number of thioether (sulfide) groups is 1. The first-order chi connectivity index (χ1) is 17.0. The number of hydrogen-bond acceptors (Lipinski definition) is 5. The largest absolute Gasteiger partial charge is 0.497 e. The molecule has 2 aliphatic rings. The lowest BCUT2D eigenvalue weighted by Gasteiger charge is -2.43. The Bertz CT molecular complexity index is 1290. The van der Waals surface area contributed by atoms with Crippen LogP contribution in [0, 0.1) is 5.92 Å². The first kappa shape index (κ1) is 23.6. The molecule has 3 heterocycles. The number of ether oxygens (including phenoxy) is 1. The third-order valence-corrected chi connectivity index (χ3v) is 8.36. The summed E-state index contributed by atoms with van der Waals surface area (Å²) in [6, 6.07) is 22.6. The molecule has 180 valence electrons. The first-order valence-electron chi connectivity index (χ1n) is 11.7. The molecule has 1 saturated heterocycles. The summed E-state index contributed by atoms with van der Waals surface area (Å²) in [5.41, 5.74) is 2.73. The highest BCUT2D eigenvalue weighted by molar-refractivity contribution is 8.23. The molecule has 0 aliphatic carbocycles. The van der Waals surface area contributed by atoms with Crippen molar-refractivity contribution in [3.8, 4) is 5.75 Å². The van der Waals surface area contributed by atoms with Gasteiger partial charge < -0.3 is 19.5 Å². The summed E-state index contributed by atoms with van der Waals surface area (Å²) >= 11 is 7.31. The second-order valence-electron chi connectivity index (χ2n) is 9.00. The van der Waals surface area contributed by atoms with Gasteiger partial charge in [-0.25, -0.2) is 0 Å². The van der Waals surface area contributed by atoms with Gasteiger partial charge in [0, 0.05) is 49.1 Å². The highest BCUT2D eigenvalue weighted by atomic mass is 32.2. The van der Waals surface area contributed by atoms with Crippen molar-refractivity contribution in [3.05, 3.63) is 94.4 Å². The van der Waals surface area contributed by atoms with E-state index in [2.05, 4.69) is 16.3 Å². The minimum Gasteiger partial charge on any atom is -0.497 e. The molecule has 2 aliphatic heterocycles. The average molecular weight is 506 g/mol.